The molecule has 2 aliphatic rings. The van der Waals surface area contributed by atoms with E-state index >= 15 is 0 Å². The topological polar surface area (TPSA) is 84.3 Å². The van der Waals surface area contributed by atoms with Crippen LogP contribution in [-0.2, 0) is 23.0 Å². The summed E-state index contributed by atoms with van der Waals surface area (Å²) >= 11 is 0. The number of hydrogen-bond donors (Lipinski definition) is 1. The quantitative estimate of drug-likeness (QED) is 0.829. The van der Waals surface area contributed by atoms with Crippen LogP contribution in [0, 0.1) is 0 Å². The SMILES string of the molecule is CCCS(=O)(=O)N1[C@@H]2CC[C@H]1Cc1c(C(=O)NC)nc(-c3ccccc3)n1C2. The molecule has 0 radical (unpaired) electrons. The number of sulfonamides is 1. The van der Waals surface area contributed by atoms with Gasteiger partial charge in [0.1, 0.15) is 11.5 Å². The highest BCUT2D eigenvalue weighted by Gasteiger charge is 2.45. The van der Waals surface area contributed by atoms with Crippen molar-refractivity contribution < 1.29 is 13.2 Å². The molecule has 0 aliphatic carbocycles. The van der Waals surface area contributed by atoms with E-state index in [4.69, 9.17) is 0 Å². The maximum Gasteiger partial charge on any atom is 0.271 e. The van der Waals surface area contributed by atoms with Gasteiger partial charge in [-0.1, -0.05) is 37.3 Å². The van der Waals surface area contributed by atoms with Crippen molar-refractivity contribution in [1.29, 1.82) is 0 Å². The second-order valence-corrected chi connectivity index (χ2v) is 9.52. The number of aromatic nitrogens is 2. The van der Waals surface area contributed by atoms with Crippen molar-refractivity contribution in [2.24, 2.45) is 0 Å². The maximum absolute atomic E-state index is 12.9. The van der Waals surface area contributed by atoms with Crippen LogP contribution in [0.4, 0.5) is 0 Å². The van der Waals surface area contributed by atoms with Crippen molar-refractivity contribution in [3.8, 4) is 11.4 Å². The number of carbonyl (C=O) groups is 1. The molecule has 0 unspecified atom stereocenters. The van der Waals surface area contributed by atoms with E-state index < -0.39 is 10.0 Å². The standard InChI is InChI=1S/C20H26N4O3S/c1-3-11-28(26,27)24-15-9-10-16(24)13-23-17(12-15)18(20(25)21-2)22-19(23)14-7-5-4-6-8-14/h4-8,15-16H,3,9-13H2,1-2H3,(H,21,25)/t15-,16+/m0/s1. The Labute approximate surface area is 165 Å². The van der Waals surface area contributed by atoms with Gasteiger partial charge in [-0.2, -0.15) is 4.31 Å². The van der Waals surface area contributed by atoms with Gasteiger partial charge in [-0.05, 0) is 19.3 Å². The molecule has 7 nitrogen and oxygen atoms in total. The lowest BCUT2D eigenvalue weighted by molar-refractivity contribution is 0.0957. The van der Waals surface area contributed by atoms with Crippen molar-refractivity contribution in [3.05, 3.63) is 41.7 Å². The third-order valence-electron chi connectivity index (χ3n) is 5.71. The number of nitrogens with one attached hydrogen (secondary N) is 1. The monoisotopic (exact) mass is 402 g/mol. The van der Waals surface area contributed by atoms with Crippen LogP contribution in [0.5, 0.6) is 0 Å². The van der Waals surface area contributed by atoms with Gasteiger partial charge in [-0.25, -0.2) is 13.4 Å². The second-order valence-electron chi connectivity index (χ2n) is 7.52. The number of hydrogen-bond acceptors (Lipinski definition) is 4. The Balaban J connectivity index is 1.83. The number of benzene rings is 1. The van der Waals surface area contributed by atoms with Crippen LogP contribution in [0.2, 0.25) is 0 Å². The maximum atomic E-state index is 12.9. The lowest BCUT2D eigenvalue weighted by Crippen LogP contribution is -2.43. The van der Waals surface area contributed by atoms with Crippen molar-refractivity contribution in [2.45, 2.75) is 51.2 Å². The Bertz CT molecular complexity index is 984. The largest absolute Gasteiger partial charge is 0.354 e. The van der Waals surface area contributed by atoms with Crippen LogP contribution in [0.25, 0.3) is 11.4 Å². The summed E-state index contributed by atoms with van der Waals surface area (Å²) < 4.78 is 29.6. The molecule has 0 spiro atoms. The summed E-state index contributed by atoms with van der Waals surface area (Å²) in [7, 11) is -1.71. The Morgan fingerprint density at radius 3 is 2.61 bits per heavy atom. The van der Waals surface area contributed by atoms with E-state index in [0.717, 1.165) is 29.9 Å². The summed E-state index contributed by atoms with van der Waals surface area (Å²) in [4.78, 5) is 17.2. The zero-order valence-corrected chi connectivity index (χ0v) is 17.1. The first-order valence-corrected chi connectivity index (χ1v) is 11.4. The molecule has 4 rings (SSSR count). The van der Waals surface area contributed by atoms with Gasteiger partial charge in [0, 0.05) is 37.7 Å². The molecule has 2 atom stereocenters. The highest BCUT2D eigenvalue weighted by molar-refractivity contribution is 7.89. The fourth-order valence-electron chi connectivity index (χ4n) is 4.55. The van der Waals surface area contributed by atoms with E-state index in [1.165, 1.54) is 0 Å². The number of rotatable bonds is 5. The van der Waals surface area contributed by atoms with Crippen LogP contribution in [-0.4, -0.2) is 53.1 Å². The molecule has 3 heterocycles. The van der Waals surface area contributed by atoms with Gasteiger partial charge in [0.15, 0.2) is 0 Å². The van der Waals surface area contributed by atoms with Gasteiger partial charge in [-0.15, -0.1) is 0 Å². The minimum absolute atomic E-state index is 0.0861. The van der Waals surface area contributed by atoms with E-state index in [9.17, 15) is 13.2 Å². The summed E-state index contributed by atoms with van der Waals surface area (Å²) in [5.41, 5.74) is 2.17. The van der Waals surface area contributed by atoms with Crippen molar-refractivity contribution in [2.75, 3.05) is 12.8 Å². The smallest absolute Gasteiger partial charge is 0.271 e. The molecule has 1 aromatic heterocycles. The zero-order chi connectivity index (χ0) is 19.9. The third-order valence-corrected chi connectivity index (χ3v) is 7.87. The molecular formula is C20H26N4O3S. The number of carbonyl (C=O) groups excluding carboxylic acids is 1. The summed E-state index contributed by atoms with van der Waals surface area (Å²) in [6, 6.07) is 9.57. The Morgan fingerprint density at radius 2 is 1.93 bits per heavy atom. The second kappa shape index (κ2) is 7.33. The number of imidazole rings is 1. The predicted molar refractivity (Wildman–Crippen MR) is 107 cm³/mol. The van der Waals surface area contributed by atoms with Gasteiger partial charge in [0.2, 0.25) is 10.0 Å². The van der Waals surface area contributed by atoms with E-state index in [-0.39, 0.29) is 23.7 Å². The van der Waals surface area contributed by atoms with Gasteiger partial charge >= 0.3 is 0 Å². The van der Waals surface area contributed by atoms with Crippen molar-refractivity contribution in [1.82, 2.24) is 19.2 Å². The number of nitrogens with zero attached hydrogens (tertiary/aromatic N) is 3. The van der Waals surface area contributed by atoms with E-state index in [2.05, 4.69) is 14.9 Å². The fraction of sp³-hybridized carbons (Fsp3) is 0.500. The minimum Gasteiger partial charge on any atom is -0.354 e. The van der Waals surface area contributed by atoms with Gasteiger partial charge in [0.05, 0.1) is 11.4 Å². The molecule has 150 valence electrons. The number of fused-ring (bicyclic) bond motifs is 3. The average Bonchev–Trinajstić information content (AvgIpc) is 3.18. The summed E-state index contributed by atoms with van der Waals surface area (Å²) in [5.74, 6) is 0.669. The third kappa shape index (κ3) is 3.14. The first kappa shape index (κ1) is 19.1. The first-order chi connectivity index (χ1) is 13.5. The predicted octanol–water partition coefficient (Wildman–Crippen LogP) is 2.04. The lowest BCUT2D eigenvalue weighted by atomic mass is 10.1. The Kier molecular flexibility index (Phi) is 5.01. The van der Waals surface area contributed by atoms with Crippen LogP contribution >= 0.6 is 0 Å². The normalized spacial score (nSPS) is 21.9. The molecule has 1 fully saturated rings. The van der Waals surface area contributed by atoms with Crippen LogP contribution in [0.1, 0.15) is 42.4 Å². The molecule has 2 aliphatic heterocycles. The van der Waals surface area contributed by atoms with Gasteiger partial charge < -0.3 is 9.88 Å². The van der Waals surface area contributed by atoms with E-state index in [1.54, 1.807) is 11.4 Å². The molecule has 1 N–H and O–H groups in total. The van der Waals surface area contributed by atoms with Crippen molar-refractivity contribution >= 4 is 15.9 Å². The van der Waals surface area contributed by atoms with E-state index in [0.29, 0.717) is 25.1 Å². The summed E-state index contributed by atoms with van der Waals surface area (Å²) in [6.45, 7) is 2.42. The molecule has 8 heteroatoms. The van der Waals surface area contributed by atoms with Crippen molar-refractivity contribution in [3.63, 3.8) is 0 Å². The lowest BCUT2D eigenvalue weighted by Gasteiger charge is -2.27. The molecular weight excluding hydrogens is 376 g/mol. The van der Waals surface area contributed by atoms with E-state index in [1.807, 2.05) is 37.3 Å². The number of amides is 1. The summed E-state index contributed by atoms with van der Waals surface area (Å²) in [5, 5.41) is 2.68. The molecule has 1 saturated heterocycles. The van der Waals surface area contributed by atoms with Gasteiger partial charge in [-0.3, -0.25) is 4.79 Å². The van der Waals surface area contributed by atoms with Crippen LogP contribution in [0.15, 0.2) is 30.3 Å². The molecule has 28 heavy (non-hydrogen) atoms. The minimum atomic E-state index is -3.31. The highest BCUT2D eigenvalue weighted by Crippen LogP contribution is 2.37. The van der Waals surface area contributed by atoms with Crippen LogP contribution in [0.3, 0.4) is 0 Å². The fourth-order valence-corrected chi connectivity index (χ4v) is 6.54. The van der Waals surface area contributed by atoms with Gasteiger partial charge in [0.25, 0.3) is 5.91 Å². The zero-order valence-electron chi connectivity index (χ0n) is 16.3. The molecule has 1 amide bonds. The average molecular weight is 403 g/mol. The Hall–Kier alpha value is -2.19. The molecule has 0 saturated carbocycles. The Morgan fingerprint density at radius 1 is 1.21 bits per heavy atom. The first-order valence-electron chi connectivity index (χ1n) is 9.84. The summed E-state index contributed by atoms with van der Waals surface area (Å²) in [6.07, 6.45) is 2.79. The molecule has 2 aromatic rings. The molecule has 1 aromatic carbocycles. The van der Waals surface area contributed by atoms with Crippen LogP contribution < -0.4 is 5.32 Å². The highest BCUT2D eigenvalue weighted by atomic mass is 32.2. The molecule has 2 bridgehead atoms.